The van der Waals surface area contributed by atoms with E-state index in [2.05, 4.69) is 10.6 Å². The maximum absolute atomic E-state index is 11.3. The number of benzene rings is 2. The quantitative estimate of drug-likeness (QED) is 0.621. The maximum atomic E-state index is 11.3. The summed E-state index contributed by atoms with van der Waals surface area (Å²) in [6, 6.07) is 15.0. The number of nitrogens with zero attached hydrogens (tertiary/aromatic N) is 1. The fourth-order valence-corrected chi connectivity index (χ4v) is 2.01. The van der Waals surface area contributed by atoms with Gasteiger partial charge in [0.1, 0.15) is 11.4 Å². The van der Waals surface area contributed by atoms with Crippen molar-refractivity contribution in [2.75, 3.05) is 17.2 Å². The second-order valence-electron chi connectivity index (χ2n) is 4.33. The van der Waals surface area contributed by atoms with E-state index >= 15 is 0 Å². The summed E-state index contributed by atoms with van der Waals surface area (Å²) in [6.07, 6.45) is 0. The summed E-state index contributed by atoms with van der Waals surface area (Å²) in [7, 11) is 0. The van der Waals surface area contributed by atoms with Gasteiger partial charge in [-0.25, -0.2) is 0 Å². The third kappa shape index (κ3) is 3.26. The van der Waals surface area contributed by atoms with E-state index in [1.54, 1.807) is 18.2 Å². The van der Waals surface area contributed by atoms with E-state index in [-0.39, 0.29) is 10.6 Å². The molecule has 5 heteroatoms. The Hall–Kier alpha value is -2.56. The van der Waals surface area contributed by atoms with Crippen LogP contribution in [0.3, 0.4) is 0 Å². The van der Waals surface area contributed by atoms with Crippen molar-refractivity contribution in [2.24, 2.45) is 0 Å². The van der Waals surface area contributed by atoms with Gasteiger partial charge in [-0.1, -0.05) is 36.4 Å². The highest BCUT2D eigenvalue weighted by atomic mass is 16.6. The predicted octanol–water partition coefficient (Wildman–Crippen LogP) is 3.64. The number of nitro groups is 1. The minimum atomic E-state index is -0.356. The molecule has 0 aliphatic carbocycles. The van der Waals surface area contributed by atoms with Crippen molar-refractivity contribution in [1.82, 2.24) is 0 Å². The summed E-state index contributed by atoms with van der Waals surface area (Å²) in [6.45, 7) is 3.11. The van der Waals surface area contributed by atoms with Crippen molar-refractivity contribution >= 4 is 17.1 Å². The van der Waals surface area contributed by atoms with Gasteiger partial charge in [0.25, 0.3) is 0 Å². The monoisotopic (exact) mass is 271 g/mol. The lowest BCUT2D eigenvalue weighted by Gasteiger charge is -2.10. The normalized spacial score (nSPS) is 10.1. The molecule has 2 rings (SSSR count). The van der Waals surface area contributed by atoms with Crippen molar-refractivity contribution in [3.05, 3.63) is 64.2 Å². The molecule has 0 fully saturated rings. The second kappa shape index (κ2) is 6.56. The number of anilines is 2. The molecule has 0 unspecified atom stereocenters. The Labute approximate surface area is 117 Å². The minimum Gasteiger partial charge on any atom is -0.380 e. The number of para-hydroxylation sites is 1. The van der Waals surface area contributed by atoms with E-state index in [9.17, 15) is 10.1 Å². The summed E-state index contributed by atoms with van der Waals surface area (Å²) in [5.41, 5.74) is 2.23. The van der Waals surface area contributed by atoms with Crippen LogP contribution in [0.4, 0.5) is 17.1 Å². The maximum Gasteiger partial charge on any atom is 0.315 e. The Morgan fingerprint density at radius 3 is 2.25 bits per heavy atom. The molecule has 0 saturated heterocycles. The molecule has 104 valence electrons. The first kappa shape index (κ1) is 13.9. The smallest absolute Gasteiger partial charge is 0.315 e. The Morgan fingerprint density at radius 2 is 1.65 bits per heavy atom. The zero-order valence-corrected chi connectivity index (χ0v) is 11.3. The molecule has 0 amide bonds. The summed E-state index contributed by atoms with van der Waals surface area (Å²) in [5.74, 6) is 0. The van der Waals surface area contributed by atoms with Gasteiger partial charge in [-0.15, -0.1) is 0 Å². The summed E-state index contributed by atoms with van der Waals surface area (Å²) >= 11 is 0. The Balaban J connectivity index is 2.22. The minimum absolute atomic E-state index is 0.0882. The van der Waals surface area contributed by atoms with E-state index in [0.29, 0.717) is 24.5 Å². The van der Waals surface area contributed by atoms with Crippen LogP contribution in [0.25, 0.3) is 0 Å². The lowest BCUT2D eigenvalue weighted by atomic mass is 10.2. The Morgan fingerprint density at radius 1 is 1.00 bits per heavy atom. The van der Waals surface area contributed by atoms with E-state index in [1.807, 2.05) is 37.3 Å². The van der Waals surface area contributed by atoms with Gasteiger partial charge in [0.2, 0.25) is 0 Å². The van der Waals surface area contributed by atoms with Crippen LogP contribution in [-0.2, 0) is 6.54 Å². The van der Waals surface area contributed by atoms with Crippen LogP contribution < -0.4 is 10.6 Å². The molecule has 0 aromatic heterocycles. The molecule has 0 aliphatic rings. The van der Waals surface area contributed by atoms with E-state index in [0.717, 1.165) is 5.56 Å². The van der Waals surface area contributed by atoms with Crippen molar-refractivity contribution in [3.8, 4) is 0 Å². The van der Waals surface area contributed by atoms with Gasteiger partial charge in [0.05, 0.1) is 4.92 Å². The van der Waals surface area contributed by atoms with Crippen molar-refractivity contribution in [3.63, 3.8) is 0 Å². The molecule has 0 aliphatic heterocycles. The van der Waals surface area contributed by atoms with Gasteiger partial charge in [-0.05, 0) is 24.6 Å². The average Bonchev–Trinajstić information content (AvgIpc) is 2.46. The molecule has 5 nitrogen and oxygen atoms in total. The summed E-state index contributed by atoms with van der Waals surface area (Å²) in [5, 5.41) is 17.4. The highest BCUT2D eigenvalue weighted by Crippen LogP contribution is 2.32. The van der Waals surface area contributed by atoms with Gasteiger partial charge in [-0.2, -0.15) is 0 Å². The third-order valence-corrected chi connectivity index (χ3v) is 2.91. The third-order valence-electron chi connectivity index (χ3n) is 2.91. The van der Waals surface area contributed by atoms with Crippen LogP contribution in [0.15, 0.2) is 48.5 Å². The fraction of sp³-hybridized carbons (Fsp3) is 0.200. The molecule has 0 radical (unpaired) electrons. The fourth-order valence-electron chi connectivity index (χ4n) is 2.01. The molecule has 20 heavy (non-hydrogen) atoms. The molecule has 0 heterocycles. The summed E-state index contributed by atoms with van der Waals surface area (Å²) < 4.78 is 0. The van der Waals surface area contributed by atoms with Crippen LogP contribution in [0.5, 0.6) is 0 Å². The number of hydrogen-bond donors (Lipinski definition) is 2. The molecule has 0 spiro atoms. The van der Waals surface area contributed by atoms with Crippen molar-refractivity contribution in [1.29, 1.82) is 0 Å². The van der Waals surface area contributed by atoms with Crippen LogP contribution >= 0.6 is 0 Å². The van der Waals surface area contributed by atoms with Crippen LogP contribution in [0.1, 0.15) is 12.5 Å². The molecule has 2 aromatic carbocycles. The van der Waals surface area contributed by atoms with Crippen LogP contribution in [-0.4, -0.2) is 11.5 Å². The van der Waals surface area contributed by atoms with Gasteiger partial charge in [0.15, 0.2) is 0 Å². The topological polar surface area (TPSA) is 67.2 Å². The summed E-state index contributed by atoms with van der Waals surface area (Å²) in [4.78, 5) is 10.9. The number of hydrogen-bond acceptors (Lipinski definition) is 4. The van der Waals surface area contributed by atoms with Gasteiger partial charge < -0.3 is 10.6 Å². The molecule has 0 bridgehead atoms. The molecule has 2 N–H and O–H groups in total. The lowest BCUT2D eigenvalue weighted by molar-refractivity contribution is -0.383. The van der Waals surface area contributed by atoms with Crippen LogP contribution in [0.2, 0.25) is 0 Å². The number of nitro benzene ring substituents is 1. The predicted molar refractivity (Wildman–Crippen MR) is 81.0 cm³/mol. The largest absolute Gasteiger partial charge is 0.380 e. The highest BCUT2D eigenvalue weighted by Gasteiger charge is 2.18. The van der Waals surface area contributed by atoms with Gasteiger partial charge >= 0.3 is 5.69 Å². The van der Waals surface area contributed by atoms with E-state index in [1.165, 1.54) is 0 Å². The standard InChI is InChI=1S/C15H17N3O2/c1-2-16-13-9-6-10-14(15(13)18(19)20)17-11-12-7-4-3-5-8-12/h3-10,16-17H,2,11H2,1H3. The van der Waals surface area contributed by atoms with Crippen molar-refractivity contribution < 1.29 is 4.92 Å². The molecule has 2 aromatic rings. The zero-order chi connectivity index (χ0) is 14.4. The van der Waals surface area contributed by atoms with Gasteiger partial charge in [0, 0.05) is 13.1 Å². The molecular weight excluding hydrogens is 254 g/mol. The zero-order valence-electron chi connectivity index (χ0n) is 11.3. The number of rotatable bonds is 6. The Bertz CT molecular complexity index is 585. The average molecular weight is 271 g/mol. The molecular formula is C15H17N3O2. The first-order valence-corrected chi connectivity index (χ1v) is 6.51. The van der Waals surface area contributed by atoms with E-state index in [4.69, 9.17) is 0 Å². The number of nitrogens with one attached hydrogen (secondary N) is 2. The highest BCUT2D eigenvalue weighted by molar-refractivity contribution is 5.76. The first-order chi connectivity index (χ1) is 9.72. The Kier molecular flexibility index (Phi) is 4.55. The van der Waals surface area contributed by atoms with Crippen LogP contribution in [0, 0.1) is 10.1 Å². The molecule has 0 saturated carbocycles. The lowest BCUT2D eigenvalue weighted by Crippen LogP contribution is -2.06. The molecule has 0 atom stereocenters. The second-order valence-corrected chi connectivity index (χ2v) is 4.33. The SMILES string of the molecule is CCNc1cccc(NCc2ccccc2)c1[N+](=O)[O-]. The van der Waals surface area contributed by atoms with Gasteiger partial charge in [-0.3, -0.25) is 10.1 Å². The first-order valence-electron chi connectivity index (χ1n) is 6.51. The van der Waals surface area contributed by atoms with Crippen molar-refractivity contribution in [2.45, 2.75) is 13.5 Å². The van der Waals surface area contributed by atoms with E-state index < -0.39 is 0 Å².